The monoisotopic (exact) mass is 397 g/mol. The van der Waals surface area contributed by atoms with E-state index in [1.165, 1.54) is 25.7 Å². The van der Waals surface area contributed by atoms with E-state index in [1.54, 1.807) is 0 Å². The molecule has 7 nitrogen and oxygen atoms in total. The summed E-state index contributed by atoms with van der Waals surface area (Å²) in [4.78, 5) is 32.8. The second-order valence-electron chi connectivity index (χ2n) is 6.94. The van der Waals surface area contributed by atoms with Crippen molar-refractivity contribution in [2.75, 3.05) is 19.6 Å². The molecular formula is C21H39N3O4. The van der Waals surface area contributed by atoms with Crippen LogP contribution in [0.2, 0.25) is 0 Å². The van der Waals surface area contributed by atoms with Crippen molar-refractivity contribution in [2.45, 2.75) is 84.0 Å². The van der Waals surface area contributed by atoms with Crippen LogP contribution < -0.4 is 16.0 Å². The molecule has 0 fully saturated rings. The number of urea groups is 1. The number of carboxylic acids is 1. The summed E-state index contributed by atoms with van der Waals surface area (Å²) in [5, 5.41) is 16.4. The summed E-state index contributed by atoms with van der Waals surface area (Å²) >= 11 is 0. The van der Waals surface area contributed by atoms with Crippen LogP contribution in [0.15, 0.2) is 12.2 Å². The Bertz CT molecular complexity index is 453. The highest BCUT2D eigenvalue weighted by Crippen LogP contribution is 2.10. The largest absolute Gasteiger partial charge is 0.480 e. The van der Waals surface area contributed by atoms with E-state index >= 15 is 0 Å². The van der Waals surface area contributed by atoms with Gasteiger partial charge < -0.3 is 21.1 Å². The summed E-state index contributed by atoms with van der Waals surface area (Å²) < 4.78 is 0. The van der Waals surface area contributed by atoms with Crippen molar-refractivity contribution in [1.29, 1.82) is 0 Å². The second-order valence-corrected chi connectivity index (χ2v) is 6.94. The van der Waals surface area contributed by atoms with Gasteiger partial charge in [-0.3, -0.25) is 9.59 Å². The maximum absolute atomic E-state index is 11.3. The molecule has 0 aromatic heterocycles. The number of hydrogen-bond acceptors (Lipinski definition) is 3. The number of aliphatic carboxylic acids is 1. The fraction of sp³-hybridized carbons (Fsp3) is 0.762. The van der Waals surface area contributed by atoms with Crippen LogP contribution in [-0.4, -0.2) is 42.6 Å². The van der Waals surface area contributed by atoms with Gasteiger partial charge in [0.25, 0.3) is 0 Å². The smallest absolute Gasteiger partial charge is 0.322 e. The van der Waals surface area contributed by atoms with E-state index in [0.29, 0.717) is 13.0 Å². The first-order valence-electron chi connectivity index (χ1n) is 10.7. The van der Waals surface area contributed by atoms with Crippen LogP contribution in [0.4, 0.5) is 4.79 Å². The van der Waals surface area contributed by atoms with Gasteiger partial charge in [-0.15, -0.1) is 0 Å². The Morgan fingerprint density at radius 1 is 0.750 bits per heavy atom. The molecule has 0 spiro atoms. The zero-order chi connectivity index (χ0) is 20.9. The summed E-state index contributed by atoms with van der Waals surface area (Å²) in [7, 11) is 0. The van der Waals surface area contributed by atoms with Crippen molar-refractivity contribution in [2.24, 2.45) is 0 Å². The fourth-order valence-corrected chi connectivity index (χ4v) is 2.74. The summed E-state index contributed by atoms with van der Waals surface area (Å²) in [5.74, 6) is -1.18. The molecule has 0 saturated heterocycles. The van der Waals surface area contributed by atoms with Crippen LogP contribution in [0.25, 0.3) is 0 Å². The molecule has 0 saturated carbocycles. The standard InChI is InChI=1S/C21H39N3O4/c1-2-22-21(28)23-17-15-13-11-9-7-5-3-4-6-8-10-12-14-16-19(25)24-18-20(26)27/h7,9H,2-6,8,10-18H2,1H3,(H,24,25)(H,26,27)(H2,22,23,28)/b9-7-. The summed E-state index contributed by atoms with van der Waals surface area (Å²) in [6.45, 7) is 3.00. The van der Waals surface area contributed by atoms with E-state index < -0.39 is 5.97 Å². The molecule has 0 aromatic rings. The van der Waals surface area contributed by atoms with E-state index in [2.05, 4.69) is 28.1 Å². The number of unbranched alkanes of at least 4 members (excludes halogenated alkanes) is 9. The molecule has 0 unspecified atom stereocenters. The molecule has 0 aliphatic heterocycles. The number of amides is 3. The number of rotatable bonds is 18. The Morgan fingerprint density at radius 2 is 1.32 bits per heavy atom. The average molecular weight is 398 g/mol. The van der Waals surface area contributed by atoms with Gasteiger partial charge in [0.2, 0.25) is 5.91 Å². The normalized spacial score (nSPS) is 10.8. The highest BCUT2D eigenvalue weighted by atomic mass is 16.4. The molecule has 0 aliphatic rings. The van der Waals surface area contributed by atoms with Crippen molar-refractivity contribution >= 4 is 17.9 Å². The van der Waals surface area contributed by atoms with Crippen molar-refractivity contribution in [1.82, 2.24) is 16.0 Å². The minimum atomic E-state index is -1.01. The maximum Gasteiger partial charge on any atom is 0.322 e. The van der Waals surface area contributed by atoms with Crippen LogP contribution in [0.1, 0.15) is 84.0 Å². The molecule has 0 aromatic carbocycles. The minimum absolute atomic E-state index is 0.0840. The second kappa shape index (κ2) is 19.7. The van der Waals surface area contributed by atoms with Crippen LogP contribution in [-0.2, 0) is 9.59 Å². The van der Waals surface area contributed by atoms with E-state index in [0.717, 1.165) is 51.5 Å². The van der Waals surface area contributed by atoms with Crippen LogP contribution in [0.3, 0.4) is 0 Å². The fourth-order valence-electron chi connectivity index (χ4n) is 2.74. The lowest BCUT2D eigenvalue weighted by Crippen LogP contribution is -2.35. The Morgan fingerprint density at radius 3 is 1.93 bits per heavy atom. The molecule has 0 rings (SSSR count). The summed E-state index contributed by atoms with van der Waals surface area (Å²) in [6, 6.07) is -0.0840. The van der Waals surface area contributed by atoms with Crippen molar-refractivity contribution in [3.63, 3.8) is 0 Å². The minimum Gasteiger partial charge on any atom is -0.480 e. The van der Waals surface area contributed by atoms with Crippen molar-refractivity contribution in [3.05, 3.63) is 12.2 Å². The maximum atomic E-state index is 11.3. The van der Waals surface area contributed by atoms with Gasteiger partial charge in [0.1, 0.15) is 6.54 Å². The third-order valence-corrected chi connectivity index (χ3v) is 4.30. The van der Waals surface area contributed by atoms with Crippen molar-refractivity contribution in [3.8, 4) is 0 Å². The predicted octanol–water partition coefficient (Wildman–Crippen LogP) is 3.74. The van der Waals surface area contributed by atoms with E-state index in [1.807, 2.05) is 6.92 Å². The van der Waals surface area contributed by atoms with Crippen LogP contribution in [0, 0.1) is 0 Å². The third kappa shape index (κ3) is 20.3. The first kappa shape index (κ1) is 26.0. The van der Waals surface area contributed by atoms with Gasteiger partial charge in [-0.2, -0.15) is 0 Å². The first-order valence-corrected chi connectivity index (χ1v) is 10.7. The number of carboxylic acid groups (broad SMARTS) is 1. The average Bonchev–Trinajstić information content (AvgIpc) is 2.66. The number of hydrogen-bond donors (Lipinski definition) is 4. The SMILES string of the molecule is CCNC(=O)NCCCC/C=C\CCCCCCCCCC(=O)NCC(=O)O. The molecule has 3 amide bonds. The van der Waals surface area contributed by atoms with Gasteiger partial charge in [0.15, 0.2) is 0 Å². The molecule has 0 atom stereocenters. The van der Waals surface area contributed by atoms with Gasteiger partial charge in [-0.1, -0.05) is 44.3 Å². The Hall–Kier alpha value is -2.05. The van der Waals surface area contributed by atoms with Crippen LogP contribution in [0.5, 0.6) is 0 Å². The molecule has 4 N–H and O–H groups in total. The topological polar surface area (TPSA) is 108 Å². The lowest BCUT2D eigenvalue weighted by molar-refractivity contribution is -0.137. The zero-order valence-electron chi connectivity index (χ0n) is 17.4. The highest BCUT2D eigenvalue weighted by Gasteiger charge is 2.03. The molecule has 28 heavy (non-hydrogen) atoms. The van der Waals surface area contributed by atoms with Gasteiger partial charge >= 0.3 is 12.0 Å². The predicted molar refractivity (Wildman–Crippen MR) is 112 cm³/mol. The Kier molecular flexibility index (Phi) is 18.3. The number of carbonyl (C=O) groups is 3. The molecule has 162 valence electrons. The Labute approximate surface area is 169 Å². The third-order valence-electron chi connectivity index (χ3n) is 4.30. The van der Waals surface area contributed by atoms with Crippen molar-refractivity contribution < 1.29 is 19.5 Å². The summed E-state index contributed by atoms with van der Waals surface area (Å²) in [5.41, 5.74) is 0. The zero-order valence-corrected chi connectivity index (χ0v) is 17.4. The lowest BCUT2D eigenvalue weighted by atomic mass is 10.1. The molecule has 0 heterocycles. The molecule has 0 aliphatic carbocycles. The van der Waals surface area contributed by atoms with Crippen LogP contribution >= 0.6 is 0 Å². The van der Waals surface area contributed by atoms with Gasteiger partial charge in [0.05, 0.1) is 0 Å². The molecule has 0 radical (unpaired) electrons. The van der Waals surface area contributed by atoms with E-state index in [4.69, 9.17) is 5.11 Å². The molecule has 0 bridgehead atoms. The van der Waals surface area contributed by atoms with Gasteiger partial charge in [0, 0.05) is 19.5 Å². The van der Waals surface area contributed by atoms with E-state index in [9.17, 15) is 14.4 Å². The quantitative estimate of drug-likeness (QED) is 0.209. The van der Waals surface area contributed by atoms with E-state index in [-0.39, 0.29) is 18.5 Å². The molecular weight excluding hydrogens is 358 g/mol. The first-order chi connectivity index (χ1) is 13.6. The summed E-state index contributed by atoms with van der Waals surface area (Å²) in [6.07, 6.45) is 17.1. The highest BCUT2D eigenvalue weighted by molar-refractivity contribution is 5.80. The van der Waals surface area contributed by atoms with Gasteiger partial charge in [-0.05, 0) is 45.4 Å². The van der Waals surface area contributed by atoms with Gasteiger partial charge in [-0.25, -0.2) is 4.79 Å². The Balaban J connectivity index is 3.24. The molecule has 7 heteroatoms. The number of carbonyl (C=O) groups excluding carboxylic acids is 2. The number of nitrogens with one attached hydrogen (secondary N) is 3. The lowest BCUT2D eigenvalue weighted by Gasteiger charge is -2.04. The number of allylic oxidation sites excluding steroid dienone is 2.